The maximum atomic E-state index is 9.69. The highest BCUT2D eigenvalue weighted by molar-refractivity contribution is 6.05. The molecule has 0 N–H and O–H groups in total. The van der Waals surface area contributed by atoms with Crippen molar-refractivity contribution in [2.24, 2.45) is 7.05 Å². The van der Waals surface area contributed by atoms with Gasteiger partial charge in [-0.2, -0.15) is 5.26 Å². The molecule has 0 aliphatic heterocycles. The van der Waals surface area contributed by atoms with Gasteiger partial charge in [0.2, 0.25) is 0 Å². The van der Waals surface area contributed by atoms with E-state index in [4.69, 9.17) is 0 Å². The van der Waals surface area contributed by atoms with E-state index in [-0.39, 0.29) is 0 Å². The van der Waals surface area contributed by atoms with Crippen molar-refractivity contribution in [3.8, 4) is 28.5 Å². The highest BCUT2D eigenvalue weighted by Gasteiger charge is 2.22. The SMILES string of the molecule is CN(C)c1cccc(-c2c(-c3cccnc3)c3c(C#N)ccnc3n2C)c1. The number of nitrogens with zero attached hydrogens (tertiary/aromatic N) is 5. The smallest absolute Gasteiger partial charge is 0.142 e. The van der Waals surface area contributed by atoms with Crippen molar-refractivity contribution in [1.82, 2.24) is 14.5 Å². The van der Waals surface area contributed by atoms with E-state index < -0.39 is 0 Å². The Kier molecular flexibility index (Phi) is 4.09. The average molecular weight is 353 g/mol. The zero-order valence-electron chi connectivity index (χ0n) is 15.5. The summed E-state index contributed by atoms with van der Waals surface area (Å²) in [5.41, 5.74) is 6.58. The summed E-state index contributed by atoms with van der Waals surface area (Å²) < 4.78 is 2.06. The third-order valence-corrected chi connectivity index (χ3v) is 4.78. The quantitative estimate of drug-likeness (QED) is 0.553. The van der Waals surface area contributed by atoms with E-state index >= 15 is 0 Å². The molecule has 0 fully saturated rings. The summed E-state index contributed by atoms with van der Waals surface area (Å²) >= 11 is 0. The van der Waals surface area contributed by atoms with E-state index in [0.29, 0.717) is 5.56 Å². The molecule has 0 aliphatic carbocycles. The van der Waals surface area contributed by atoms with Gasteiger partial charge in [-0.3, -0.25) is 4.98 Å². The van der Waals surface area contributed by atoms with E-state index in [0.717, 1.165) is 39.1 Å². The number of aromatic nitrogens is 3. The second kappa shape index (κ2) is 6.58. The molecule has 5 heteroatoms. The van der Waals surface area contributed by atoms with Crippen molar-refractivity contribution in [1.29, 1.82) is 5.26 Å². The normalized spacial score (nSPS) is 10.7. The summed E-state index contributed by atoms with van der Waals surface area (Å²) in [5, 5.41) is 10.5. The monoisotopic (exact) mass is 353 g/mol. The molecule has 4 rings (SSSR count). The predicted molar refractivity (Wildman–Crippen MR) is 108 cm³/mol. The lowest BCUT2D eigenvalue weighted by atomic mass is 9.98. The van der Waals surface area contributed by atoms with Gasteiger partial charge < -0.3 is 9.47 Å². The minimum Gasteiger partial charge on any atom is -0.378 e. The Balaban J connectivity index is 2.14. The van der Waals surface area contributed by atoms with Crippen LogP contribution in [0.2, 0.25) is 0 Å². The van der Waals surface area contributed by atoms with Gasteiger partial charge in [0.15, 0.2) is 0 Å². The molecule has 0 aliphatic rings. The van der Waals surface area contributed by atoms with Gasteiger partial charge in [0.25, 0.3) is 0 Å². The maximum absolute atomic E-state index is 9.69. The Hall–Kier alpha value is -3.65. The summed E-state index contributed by atoms with van der Waals surface area (Å²) in [6, 6.07) is 16.4. The lowest BCUT2D eigenvalue weighted by Crippen LogP contribution is -2.08. The molecule has 3 aromatic heterocycles. The van der Waals surface area contributed by atoms with Crippen molar-refractivity contribution < 1.29 is 0 Å². The second-order valence-corrected chi connectivity index (χ2v) is 6.64. The summed E-state index contributed by atoms with van der Waals surface area (Å²) in [7, 11) is 6.05. The number of benzene rings is 1. The lowest BCUT2D eigenvalue weighted by Gasteiger charge is -2.15. The molecule has 0 bridgehead atoms. The van der Waals surface area contributed by atoms with Crippen LogP contribution in [-0.4, -0.2) is 28.6 Å². The first-order chi connectivity index (χ1) is 13.1. The molecule has 5 nitrogen and oxygen atoms in total. The van der Waals surface area contributed by atoms with Crippen molar-refractivity contribution in [2.45, 2.75) is 0 Å². The molecule has 0 atom stereocenters. The van der Waals surface area contributed by atoms with Crippen LogP contribution in [0.15, 0.2) is 61.1 Å². The second-order valence-electron chi connectivity index (χ2n) is 6.64. The van der Waals surface area contributed by atoms with Crippen LogP contribution in [0.4, 0.5) is 5.69 Å². The number of nitriles is 1. The summed E-state index contributed by atoms with van der Waals surface area (Å²) in [6.07, 6.45) is 5.28. The van der Waals surface area contributed by atoms with Gasteiger partial charge in [-0.15, -0.1) is 0 Å². The van der Waals surface area contributed by atoms with Gasteiger partial charge in [0.1, 0.15) is 5.65 Å². The van der Waals surface area contributed by atoms with E-state index in [1.54, 1.807) is 18.5 Å². The molecule has 132 valence electrons. The van der Waals surface area contributed by atoms with E-state index in [1.165, 1.54) is 0 Å². The molecule has 3 heterocycles. The van der Waals surface area contributed by atoms with Crippen LogP contribution in [0.3, 0.4) is 0 Å². The van der Waals surface area contributed by atoms with Gasteiger partial charge in [-0.1, -0.05) is 18.2 Å². The number of hydrogen-bond donors (Lipinski definition) is 0. The van der Waals surface area contributed by atoms with Crippen molar-refractivity contribution >= 4 is 16.7 Å². The minimum atomic E-state index is 0.615. The molecule has 0 amide bonds. The Morgan fingerprint density at radius 1 is 1.04 bits per heavy atom. The van der Waals surface area contributed by atoms with E-state index in [1.807, 2.05) is 45.5 Å². The first-order valence-electron chi connectivity index (χ1n) is 8.67. The number of anilines is 1. The van der Waals surface area contributed by atoms with Gasteiger partial charge in [0.05, 0.1) is 17.3 Å². The van der Waals surface area contributed by atoms with Crippen molar-refractivity contribution in [3.63, 3.8) is 0 Å². The van der Waals surface area contributed by atoms with E-state index in [9.17, 15) is 5.26 Å². The van der Waals surface area contributed by atoms with Crippen LogP contribution in [0.25, 0.3) is 33.4 Å². The number of aryl methyl sites for hydroxylation is 1. The topological polar surface area (TPSA) is 57.7 Å². The third-order valence-electron chi connectivity index (χ3n) is 4.78. The fraction of sp³-hybridized carbons (Fsp3) is 0.136. The number of fused-ring (bicyclic) bond motifs is 1. The van der Waals surface area contributed by atoms with Crippen molar-refractivity contribution in [3.05, 3.63) is 66.6 Å². The summed E-state index contributed by atoms with van der Waals surface area (Å²) in [5.74, 6) is 0. The van der Waals surface area contributed by atoms with E-state index in [2.05, 4.69) is 43.7 Å². The molecule has 0 saturated carbocycles. The van der Waals surface area contributed by atoms with Crippen LogP contribution in [0.5, 0.6) is 0 Å². The molecule has 4 aromatic rings. The fourth-order valence-corrected chi connectivity index (χ4v) is 3.50. The Labute approximate surface area is 158 Å². The summed E-state index contributed by atoms with van der Waals surface area (Å²) in [4.78, 5) is 10.9. The number of hydrogen-bond acceptors (Lipinski definition) is 4. The number of rotatable bonds is 3. The highest BCUT2D eigenvalue weighted by Crippen LogP contribution is 2.41. The molecular formula is C22H19N5. The van der Waals surface area contributed by atoms with Crippen LogP contribution in [-0.2, 0) is 7.05 Å². The molecule has 27 heavy (non-hydrogen) atoms. The zero-order valence-corrected chi connectivity index (χ0v) is 15.5. The predicted octanol–water partition coefficient (Wildman–Crippen LogP) is 4.24. The maximum Gasteiger partial charge on any atom is 0.142 e. The standard InChI is InChI=1S/C22H19N5/c1-26(2)18-8-4-6-15(12-18)21-19(17-7-5-10-24-14-17)20-16(13-23)9-11-25-22(20)27(21)3/h4-12,14H,1-3H3. The Bertz CT molecular complexity index is 1170. The number of pyridine rings is 2. The average Bonchev–Trinajstić information content (AvgIpc) is 3.01. The molecular weight excluding hydrogens is 334 g/mol. The van der Waals surface area contributed by atoms with Crippen LogP contribution in [0, 0.1) is 11.3 Å². The molecule has 0 unspecified atom stereocenters. The zero-order chi connectivity index (χ0) is 19.0. The summed E-state index contributed by atoms with van der Waals surface area (Å²) in [6.45, 7) is 0. The lowest BCUT2D eigenvalue weighted by molar-refractivity contribution is 0.957. The van der Waals surface area contributed by atoms with Crippen LogP contribution in [0.1, 0.15) is 5.56 Å². The first-order valence-corrected chi connectivity index (χ1v) is 8.67. The minimum absolute atomic E-state index is 0.615. The third kappa shape index (κ3) is 2.72. The largest absolute Gasteiger partial charge is 0.378 e. The molecule has 0 saturated heterocycles. The first kappa shape index (κ1) is 16.8. The van der Waals surface area contributed by atoms with Gasteiger partial charge in [0, 0.05) is 67.5 Å². The van der Waals surface area contributed by atoms with Gasteiger partial charge >= 0.3 is 0 Å². The van der Waals surface area contributed by atoms with Gasteiger partial charge in [-0.25, -0.2) is 4.98 Å². The molecule has 0 radical (unpaired) electrons. The Morgan fingerprint density at radius 2 is 1.85 bits per heavy atom. The molecule has 0 spiro atoms. The Morgan fingerprint density at radius 3 is 2.56 bits per heavy atom. The molecule has 1 aromatic carbocycles. The van der Waals surface area contributed by atoms with Gasteiger partial charge in [-0.05, 0) is 24.3 Å². The van der Waals surface area contributed by atoms with Crippen molar-refractivity contribution in [2.75, 3.05) is 19.0 Å². The fourth-order valence-electron chi connectivity index (χ4n) is 3.50. The van der Waals surface area contributed by atoms with Crippen LogP contribution >= 0.6 is 0 Å². The highest BCUT2D eigenvalue weighted by atomic mass is 15.1. The van der Waals surface area contributed by atoms with Crippen LogP contribution < -0.4 is 4.90 Å².